The Morgan fingerprint density at radius 2 is 1.75 bits per heavy atom. The Labute approximate surface area is 95.5 Å². The molecule has 0 aliphatic carbocycles. The van der Waals surface area contributed by atoms with Crippen LogP contribution in [0.5, 0.6) is 0 Å². The second kappa shape index (κ2) is 7.90. The number of hydrogen-bond donors (Lipinski definition) is 1. The second-order valence-corrected chi connectivity index (χ2v) is 4.36. The molecule has 0 saturated carbocycles. The van der Waals surface area contributed by atoms with Gasteiger partial charge in [0.1, 0.15) is 0 Å². The molecule has 5 heteroatoms. The van der Waals surface area contributed by atoms with Crippen molar-refractivity contribution in [3.63, 3.8) is 0 Å². The van der Waals surface area contributed by atoms with Crippen molar-refractivity contribution in [3.05, 3.63) is 0 Å². The van der Waals surface area contributed by atoms with Gasteiger partial charge in [-0.15, -0.1) is 0 Å². The zero-order valence-corrected chi connectivity index (χ0v) is 10.2. The number of alkyl halides is 3. The maximum absolute atomic E-state index is 12.0. The summed E-state index contributed by atoms with van der Waals surface area (Å²) in [6.07, 6.45) is -4.39. The van der Waals surface area contributed by atoms with Crippen LogP contribution in [0.15, 0.2) is 0 Å². The van der Waals surface area contributed by atoms with E-state index in [1.165, 1.54) is 0 Å². The van der Waals surface area contributed by atoms with Crippen LogP contribution in [0.1, 0.15) is 33.6 Å². The molecule has 2 nitrogen and oxygen atoms in total. The highest BCUT2D eigenvalue weighted by atomic mass is 19.4. The van der Waals surface area contributed by atoms with Crippen LogP contribution in [0.4, 0.5) is 13.2 Å². The third-order valence-electron chi connectivity index (χ3n) is 2.13. The summed E-state index contributed by atoms with van der Waals surface area (Å²) < 4.78 is 40.8. The maximum atomic E-state index is 12.0. The van der Waals surface area contributed by atoms with Crippen LogP contribution in [0, 0.1) is 5.92 Å². The van der Waals surface area contributed by atoms with Gasteiger partial charge in [0.05, 0.1) is 0 Å². The van der Waals surface area contributed by atoms with Gasteiger partial charge < -0.3 is 10.1 Å². The normalized spacial score (nSPS) is 14.4. The fourth-order valence-corrected chi connectivity index (χ4v) is 1.10. The SMILES string of the molecule is CC(C)CNCCCCOC(C)C(F)(F)F. The minimum atomic E-state index is -4.24. The standard InChI is InChI=1S/C11H22F3NO/c1-9(2)8-15-6-4-5-7-16-10(3)11(12,13)14/h9-10,15H,4-8H2,1-3H3. The smallest absolute Gasteiger partial charge is 0.369 e. The van der Waals surface area contributed by atoms with E-state index >= 15 is 0 Å². The minimum Gasteiger partial charge on any atom is -0.369 e. The average Bonchev–Trinajstić information content (AvgIpc) is 2.14. The van der Waals surface area contributed by atoms with Crippen molar-refractivity contribution in [2.75, 3.05) is 19.7 Å². The van der Waals surface area contributed by atoms with Crippen molar-refractivity contribution in [1.29, 1.82) is 0 Å². The van der Waals surface area contributed by atoms with Crippen LogP contribution in [0.3, 0.4) is 0 Å². The molecule has 0 aliphatic heterocycles. The number of ether oxygens (including phenoxy) is 1. The summed E-state index contributed by atoms with van der Waals surface area (Å²) in [6.45, 7) is 7.21. The van der Waals surface area contributed by atoms with E-state index in [2.05, 4.69) is 23.9 Å². The third kappa shape index (κ3) is 8.97. The van der Waals surface area contributed by atoms with E-state index in [0.717, 1.165) is 26.4 Å². The Kier molecular flexibility index (Phi) is 7.76. The molecule has 0 aliphatic rings. The average molecular weight is 241 g/mol. The lowest BCUT2D eigenvalue weighted by molar-refractivity contribution is -0.214. The van der Waals surface area contributed by atoms with Crippen molar-refractivity contribution in [3.8, 4) is 0 Å². The van der Waals surface area contributed by atoms with Crippen molar-refractivity contribution < 1.29 is 17.9 Å². The number of rotatable bonds is 8. The van der Waals surface area contributed by atoms with Gasteiger partial charge in [-0.3, -0.25) is 0 Å². The largest absolute Gasteiger partial charge is 0.414 e. The molecule has 0 fully saturated rings. The summed E-state index contributed by atoms with van der Waals surface area (Å²) >= 11 is 0. The monoisotopic (exact) mass is 241 g/mol. The molecule has 0 aromatic rings. The highest BCUT2D eigenvalue weighted by Crippen LogP contribution is 2.22. The van der Waals surface area contributed by atoms with E-state index in [4.69, 9.17) is 0 Å². The molecular weight excluding hydrogens is 219 g/mol. The van der Waals surface area contributed by atoms with Gasteiger partial charge in [0.25, 0.3) is 0 Å². The molecule has 0 radical (unpaired) electrons. The van der Waals surface area contributed by atoms with E-state index in [1.54, 1.807) is 0 Å². The molecule has 0 amide bonds. The summed E-state index contributed by atoms with van der Waals surface area (Å²) in [4.78, 5) is 0. The van der Waals surface area contributed by atoms with E-state index in [0.29, 0.717) is 12.3 Å². The second-order valence-electron chi connectivity index (χ2n) is 4.36. The maximum Gasteiger partial charge on any atom is 0.414 e. The van der Waals surface area contributed by atoms with Gasteiger partial charge in [-0.25, -0.2) is 0 Å². The minimum absolute atomic E-state index is 0.171. The zero-order chi connectivity index (χ0) is 12.6. The lowest BCUT2D eigenvalue weighted by Crippen LogP contribution is -2.29. The summed E-state index contributed by atoms with van der Waals surface area (Å²) in [5.74, 6) is 0.599. The Balaban J connectivity index is 3.28. The van der Waals surface area contributed by atoms with Gasteiger partial charge in [0.15, 0.2) is 6.10 Å². The molecule has 1 atom stereocenters. The molecule has 0 saturated heterocycles. The predicted molar refractivity (Wildman–Crippen MR) is 58.4 cm³/mol. The Morgan fingerprint density at radius 3 is 2.25 bits per heavy atom. The van der Waals surface area contributed by atoms with Crippen molar-refractivity contribution in [1.82, 2.24) is 5.32 Å². The third-order valence-corrected chi connectivity index (χ3v) is 2.13. The van der Waals surface area contributed by atoms with Crippen LogP contribution < -0.4 is 5.32 Å². The summed E-state index contributed by atoms with van der Waals surface area (Å²) in [5, 5.41) is 3.23. The van der Waals surface area contributed by atoms with Crippen molar-refractivity contribution in [2.24, 2.45) is 5.92 Å². The van der Waals surface area contributed by atoms with Gasteiger partial charge in [-0.2, -0.15) is 13.2 Å². The van der Waals surface area contributed by atoms with Crippen LogP contribution in [0.25, 0.3) is 0 Å². The first kappa shape index (κ1) is 15.7. The summed E-state index contributed by atoms with van der Waals surface area (Å²) in [5.41, 5.74) is 0. The van der Waals surface area contributed by atoms with Gasteiger partial charge in [-0.05, 0) is 38.8 Å². The molecule has 1 N–H and O–H groups in total. The van der Waals surface area contributed by atoms with Crippen LogP contribution in [-0.2, 0) is 4.74 Å². The van der Waals surface area contributed by atoms with E-state index < -0.39 is 12.3 Å². The Morgan fingerprint density at radius 1 is 1.12 bits per heavy atom. The van der Waals surface area contributed by atoms with E-state index in [9.17, 15) is 13.2 Å². The van der Waals surface area contributed by atoms with E-state index in [-0.39, 0.29) is 6.61 Å². The molecule has 0 bridgehead atoms. The fraction of sp³-hybridized carbons (Fsp3) is 1.00. The lowest BCUT2D eigenvalue weighted by Gasteiger charge is -2.16. The van der Waals surface area contributed by atoms with Gasteiger partial charge in [0.2, 0.25) is 0 Å². The van der Waals surface area contributed by atoms with Gasteiger partial charge in [-0.1, -0.05) is 13.8 Å². The Hall–Kier alpha value is -0.290. The molecular formula is C11H22F3NO. The van der Waals surface area contributed by atoms with Crippen LogP contribution in [-0.4, -0.2) is 32.0 Å². The molecule has 0 aromatic heterocycles. The predicted octanol–water partition coefficient (Wildman–Crippen LogP) is 2.98. The van der Waals surface area contributed by atoms with E-state index in [1.807, 2.05) is 0 Å². The zero-order valence-electron chi connectivity index (χ0n) is 10.2. The first-order valence-electron chi connectivity index (χ1n) is 5.73. The van der Waals surface area contributed by atoms with Crippen molar-refractivity contribution in [2.45, 2.75) is 45.9 Å². The summed E-state index contributed by atoms with van der Waals surface area (Å²) in [7, 11) is 0. The lowest BCUT2D eigenvalue weighted by atomic mass is 10.2. The summed E-state index contributed by atoms with van der Waals surface area (Å²) in [6, 6.07) is 0. The Bertz CT molecular complexity index is 171. The first-order valence-corrected chi connectivity index (χ1v) is 5.73. The number of hydrogen-bond acceptors (Lipinski definition) is 2. The quantitative estimate of drug-likeness (QED) is 0.660. The molecule has 0 heterocycles. The number of nitrogens with one attached hydrogen (secondary N) is 1. The molecule has 16 heavy (non-hydrogen) atoms. The molecule has 98 valence electrons. The van der Waals surface area contributed by atoms with Gasteiger partial charge >= 0.3 is 6.18 Å². The molecule has 0 aromatic carbocycles. The molecule has 0 spiro atoms. The molecule has 1 unspecified atom stereocenters. The highest BCUT2D eigenvalue weighted by molar-refractivity contribution is 4.60. The van der Waals surface area contributed by atoms with Crippen LogP contribution in [0.2, 0.25) is 0 Å². The topological polar surface area (TPSA) is 21.3 Å². The highest BCUT2D eigenvalue weighted by Gasteiger charge is 2.36. The molecule has 0 rings (SSSR count). The van der Waals surface area contributed by atoms with Crippen LogP contribution >= 0.6 is 0 Å². The number of unbranched alkanes of at least 4 members (excludes halogenated alkanes) is 1. The van der Waals surface area contributed by atoms with Crippen molar-refractivity contribution >= 4 is 0 Å². The fourth-order valence-electron chi connectivity index (χ4n) is 1.10. The first-order chi connectivity index (χ1) is 7.34. The van der Waals surface area contributed by atoms with Gasteiger partial charge in [0, 0.05) is 6.61 Å². The number of halogens is 3.